The van der Waals surface area contributed by atoms with Crippen molar-refractivity contribution in [3.63, 3.8) is 0 Å². The van der Waals surface area contributed by atoms with E-state index in [1.165, 1.54) is 12.1 Å². The van der Waals surface area contributed by atoms with Gasteiger partial charge in [0.2, 0.25) is 0 Å². The molecule has 0 unspecified atom stereocenters. The van der Waals surface area contributed by atoms with Crippen LogP contribution in [0.5, 0.6) is 0 Å². The molecule has 2 aromatic rings. The van der Waals surface area contributed by atoms with Gasteiger partial charge in [0.05, 0.1) is 12.2 Å². The van der Waals surface area contributed by atoms with Crippen LogP contribution in [0.15, 0.2) is 42.5 Å². The predicted molar refractivity (Wildman–Crippen MR) is 84.2 cm³/mol. The summed E-state index contributed by atoms with van der Waals surface area (Å²) in [5, 5.41) is 0. The van der Waals surface area contributed by atoms with E-state index >= 15 is 0 Å². The second-order valence-electron chi connectivity index (χ2n) is 4.86. The van der Waals surface area contributed by atoms with Gasteiger partial charge in [-0.15, -0.1) is 0 Å². The molecule has 0 aliphatic heterocycles. The van der Waals surface area contributed by atoms with Crippen LogP contribution in [-0.4, -0.2) is 18.6 Å². The molecule has 0 aromatic heterocycles. The zero-order valence-corrected chi connectivity index (χ0v) is 12.9. The van der Waals surface area contributed by atoms with Crippen LogP contribution >= 0.6 is 0 Å². The summed E-state index contributed by atoms with van der Waals surface area (Å²) >= 11 is 0. The molecule has 2 aromatic carbocycles. The first-order valence-electron chi connectivity index (χ1n) is 7.11. The molecule has 2 amide bonds. The number of hydrazine groups is 1. The second-order valence-corrected chi connectivity index (χ2v) is 4.86. The smallest absolute Gasteiger partial charge is 0.426 e. The SMILES string of the molecule is CCOC(=O)NNC(=O)c1ccc(-c2ccc(C)cc2)cc1F. The summed E-state index contributed by atoms with van der Waals surface area (Å²) in [4.78, 5) is 22.9. The van der Waals surface area contributed by atoms with Gasteiger partial charge in [0, 0.05) is 0 Å². The van der Waals surface area contributed by atoms with Gasteiger partial charge in [0.15, 0.2) is 0 Å². The van der Waals surface area contributed by atoms with Crippen molar-refractivity contribution < 1.29 is 18.7 Å². The molecule has 0 saturated carbocycles. The Morgan fingerprint density at radius 1 is 1.04 bits per heavy atom. The maximum absolute atomic E-state index is 14.1. The quantitative estimate of drug-likeness (QED) is 0.855. The van der Waals surface area contributed by atoms with Crippen molar-refractivity contribution in [1.82, 2.24) is 10.9 Å². The number of ether oxygens (including phenoxy) is 1. The number of rotatable bonds is 3. The third kappa shape index (κ3) is 4.29. The van der Waals surface area contributed by atoms with Crippen molar-refractivity contribution in [2.24, 2.45) is 0 Å². The number of amides is 2. The minimum Gasteiger partial charge on any atom is -0.449 e. The van der Waals surface area contributed by atoms with Crippen LogP contribution in [-0.2, 0) is 4.74 Å². The van der Waals surface area contributed by atoms with Gasteiger partial charge in [-0.05, 0) is 37.1 Å². The van der Waals surface area contributed by atoms with E-state index < -0.39 is 17.8 Å². The molecule has 0 aliphatic carbocycles. The number of nitrogens with one attached hydrogen (secondary N) is 2. The lowest BCUT2D eigenvalue weighted by molar-refractivity contribution is 0.0908. The molecule has 0 bridgehead atoms. The van der Waals surface area contributed by atoms with E-state index in [0.29, 0.717) is 5.56 Å². The first kappa shape index (κ1) is 16.5. The Morgan fingerprint density at radius 2 is 1.70 bits per heavy atom. The Bertz CT molecular complexity index is 714. The van der Waals surface area contributed by atoms with Crippen LogP contribution in [0.1, 0.15) is 22.8 Å². The molecule has 5 nitrogen and oxygen atoms in total. The fraction of sp³-hybridized carbons (Fsp3) is 0.176. The monoisotopic (exact) mass is 316 g/mol. The summed E-state index contributed by atoms with van der Waals surface area (Å²) < 4.78 is 18.7. The molecule has 23 heavy (non-hydrogen) atoms. The Hall–Kier alpha value is -2.89. The number of halogens is 1. The van der Waals surface area contributed by atoms with Crippen molar-refractivity contribution in [3.8, 4) is 11.1 Å². The number of hydrogen-bond acceptors (Lipinski definition) is 3. The van der Waals surface area contributed by atoms with Crippen LogP contribution in [0.2, 0.25) is 0 Å². The Labute approximate surface area is 133 Å². The van der Waals surface area contributed by atoms with Crippen LogP contribution in [0.25, 0.3) is 11.1 Å². The Morgan fingerprint density at radius 3 is 2.30 bits per heavy atom. The van der Waals surface area contributed by atoms with Gasteiger partial charge in [-0.3, -0.25) is 10.2 Å². The first-order chi connectivity index (χ1) is 11.0. The number of aryl methyl sites for hydroxylation is 1. The van der Waals surface area contributed by atoms with E-state index in [4.69, 9.17) is 0 Å². The highest BCUT2D eigenvalue weighted by molar-refractivity contribution is 5.95. The van der Waals surface area contributed by atoms with Gasteiger partial charge in [-0.25, -0.2) is 14.6 Å². The highest BCUT2D eigenvalue weighted by Gasteiger charge is 2.13. The molecule has 0 spiro atoms. The van der Waals surface area contributed by atoms with Crippen molar-refractivity contribution in [2.45, 2.75) is 13.8 Å². The van der Waals surface area contributed by atoms with E-state index in [-0.39, 0.29) is 12.2 Å². The number of benzene rings is 2. The molecule has 6 heteroatoms. The average molecular weight is 316 g/mol. The van der Waals surface area contributed by atoms with Gasteiger partial charge < -0.3 is 4.74 Å². The molecule has 0 aliphatic rings. The van der Waals surface area contributed by atoms with Gasteiger partial charge in [-0.1, -0.05) is 35.9 Å². The minimum absolute atomic E-state index is 0.168. The lowest BCUT2D eigenvalue weighted by Gasteiger charge is -2.09. The van der Waals surface area contributed by atoms with Crippen LogP contribution in [0.3, 0.4) is 0 Å². The van der Waals surface area contributed by atoms with Gasteiger partial charge in [0.1, 0.15) is 5.82 Å². The van der Waals surface area contributed by atoms with Gasteiger partial charge >= 0.3 is 6.09 Å². The average Bonchev–Trinajstić information content (AvgIpc) is 2.53. The largest absolute Gasteiger partial charge is 0.449 e. The molecule has 120 valence electrons. The second kappa shape index (κ2) is 7.40. The van der Waals surface area contributed by atoms with Crippen LogP contribution in [0, 0.1) is 12.7 Å². The molecule has 0 heterocycles. The predicted octanol–water partition coefficient (Wildman–Crippen LogP) is 3.19. The fourth-order valence-corrected chi connectivity index (χ4v) is 1.97. The molecule has 0 fully saturated rings. The summed E-state index contributed by atoms with van der Waals surface area (Å²) in [6.07, 6.45) is -0.808. The summed E-state index contributed by atoms with van der Waals surface area (Å²) in [6, 6.07) is 11.9. The first-order valence-corrected chi connectivity index (χ1v) is 7.11. The third-order valence-corrected chi connectivity index (χ3v) is 3.15. The van der Waals surface area contributed by atoms with Crippen molar-refractivity contribution >= 4 is 12.0 Å². The van der Waals surface area contributed by atoms with Crippen LogP contribution in [0.4, 0.5) is 9.18 Å². The fourth-order valence-electron chi connectivity index (χ4n) is 1.97. The van der Waals surface area contributed by atoms with Gasteiger partial charge in [0.25, 0.3) is 5.91 Å². The topological polar surface area (TPSA) is 67.4 Å². The molecular weight excluding hydrogens is 299 g/mol. The molecule has 2 N–H and O–H groups in total. The van der Waals surface area contributed by atoms with Crippen LogP contribution < -0.4 is 10.9 Å². The number of carbonyl (C=O) groups is 2. The van der Waals surface area contributed by atoms with Gasteiger partial charge in [-0.2, -0.15) is 0 Å². The van der Waals surface area contributed by atoms with E-state index in [0.717, 1.165) is 11.1 Å². The summed E-state index contributed by atoms with van der Waals surface area (Å²) in [7, 11) is 0. The van der Waals surface area contributed by atoms with E-state index in [9.17, 15) is 14.0 Å². The number of carbonyl (C=O) groups excluding carboxylic acids is 2. The molecule has 2 rings (SSSR count). The molecule has 0 radical (unpaired) electrons. The van der Waals surface area contributed by atoms with E-state index in [1.54, 1.807) is 13.0 Å². The van der Waals surface area contributed by atoms with Crippen molar-refractivity contribution in [3.05, 3.63) is 59.4 Å². The lowest BCUT2D eigenvalue weighted by atomic mass is 10.0. The van der Waals surface area contributed by atoms with E-state index in [2.05, 4.69) is 10.2 Å². The zero-order valence-electron chi connectivity index (χ0n) is 12.9. The maximum atomic E-state index is 14.1. The Kier molecular flexibility index (Phi) is 5.30. The van der Waals surface area contributed by atoms with Crippen molar-refractivity contribution in [2.75, 3.05) is 6.61 Å². The number of hydrogen-bond donors (Lipinski definition) is 2. The highest BCUT2D eigenvalue weighted by atomic mass is 19.1. The zero-order chi connectivity index (χ0) is 16.8. The molecular formula is C17H17FN2O3. The normalized spacial score (nSPS) is 10.0. The minimum atomic E-state index is -0.808. The maximum Gasteiger partial charge on any atom is 0.426 e. The summed E-state index contributed by atoms with van der Waals surface area (Å²) in [5.41, 5.74) is 6.58. The standard InChI is InChI=1S/C17H17FN2O3/c1-3-23-17(22)20-19-16(21)14-9-8-13(10-15(14)18)12-6-4-11(2)5-7-12/h4-10H,3H2,1-2H3,(H,19,21)(H,20,22). The van der Waals surface area contributed by atoms with Crippen molar-refractivity contribution in [1.29, 1.82) is 0 Å². The molecule has 0 atom stereocenters. The third-order valence-electron chi connectivity index (χ3n) is 3.15. The van der Waals surface area contributed by atoms with E-state index in [1.807, 2.05) is 36.6 Å². The molecule has 0 saturated heterocycles. The summed E-state index contributed by atoms with van der Waals surface area (Å²) in [5.74, 6) is -1.43. The lowest BCUT2D eigenvalue weighted by Crippen LogP contribution is -2.42. The summed E-state index contributed by atoms with van der Waals surface area (Å²) in [6.45, 7) is 3.76. The Balaban J connectivity index is 2.11. The highest BCUT2D eigenvalue weighted by Crippen LogP contribution is 2.22.